The fourth-order valence-corrected chi connectivity index (χ4v) is 1.53. The summed E-state index contributed by atoms with van der Waals surface area (Å²) in [6, 6.07) is 8.18. The Morgan fingerprint density at radius 2 is 1.80 bits per heavy atom. The van der Waals surface area contributed by atoms with Gasteiger partial charge in [0.1, 0.15) is 6.79 Å². The molecule has 0 aliphatic carbocycles. The average Bonchev–Trinajstić information content (AvgIpc) is 2.51. The van der Waals surface area contributed by atoms with Crippen LogP contribution in [0.1, 0.15) is 25.8 Å². The predicted octanol–water partition coefficient (Wildman–Crippen LogP) is 4.36. The molecule has 0 aromatic heterocycles. The molecule has 4 heteroatoms. The summed E-state index contributed by atoms with van der Waals surface area (Å²) in [6.45, 7) is 8.39. The maximum absolute atomic E-state index is 8.00. The Morgan fingerprint density at radius 3 is 2.30 bits per heavy atom. The van der Waals surface area contributed by atoms with Crippen LogP contribution >= 0.6 is 15.9 Å². The lowest BCUT2D eigenvalue weighted by atomic mass is 10.2. The molecule has 0 unspecified atom stereocenters. The second kappa shape index (κ2) is 18.0. The third kappa shape index (κ3) is 13.5. The van der Waals surface area contributed by atoms with Crippen molar-refractivity contribution in [2.24, 2.45) is 0 Å². The van der Waals surface area contributed by atoms with E-state index in [2.05, 4.69) is 38.9 Å². The number of rotatable bonds is 6. The van der Waals surface area contributed by atoms with Gasteiger partial charge in [-0.25, -0.2) is 0 Å². The van der Waals surface area contributed by atoms with Gasteiger partial charge in [-0.05, 0) is 31.9 Å². The van der Waals surface area contributed by atoms with E-state index in [9.17, 15) is 0 Å². The summed E-state index contributed by atoms with van der Waals surface area (Å²) in [6.07, 6.45) is 5.22. The first-order valence-corrected chi connectivity index (χ1v) is 7.32. The van der Waals surface area contributed by atoms with Gasteiger partial charge in [0.2, 0.25) is 0 Å². The molecule has 1 aromatic carbocycles. The Bertz CT molecular complexity index is 338. The lowest BCUT2D eigenvalue weighted by Crippen LogP contribution is -1.90. The van der Waals surface area contributed by atoms with Crippen LogP contribution in [-0.4, -0.2) is 33.7 Å². The van der Waals surface area contributed by atoms with E-state index in [0.29, 0.717) is 0 Å². The van der Waals surface area contributed by atoms with Crippen molar-refractivity contribution in [1.29, 1.82) is 0 Å². The van der Waals surface area contributed by atoms with Crippen molar-refractivity contribution >= 4 is 28.8 Å². The van der Waals surface area contributed by atoms with E-state index < -0.39 is 0 Å². The van der Waals surface area contributed by atoms with Gasteiger partial charge in [-0.2, -0.15) is 0 Å². The monoisotopic (exact) mass is 344 g/mol. The fraction of sp³-hybridized carbons (Fsp3) is 0.438. The van der Waals surface area contributed by atoms with E-state index in [1.165, 1.54) is 5.56 Å². The van der Waals surface area contributed by atoms with Gasteiger partial charge < -0.3 is 14.3 Å². The van der Waals surface area contributed by atoms with Crippen LogP contribution in [-0.2, 0) is 14.3 Å². The molecule has 0 amide bonds. The van der Waals surface area contributed by atoms with E-state index in [4.69, 9.17) is 9.53 Å². The lowest BCUT2D eigenvalue weighted by Gasteiger charge is -1.97. The Balaban J connectivity index is 0. The van der Waals surface area contributed by atoms with Gasteiger partial charge in [0, 0.05) is 31.4 Å². The molecule has 0 aliphatic rings. The number of carbonyl (C=O) groups is 1. The van der Waals surface area contributed by atoms with Crippen LogP contribution in [0.3, 0.4) is 0 Å². The zero-order chi connectivity index (χ0) is 15.6. The van der Waals surface area contributed by atoms with E-state index >= 15 is 0 Å². The minimum Gasteiger partial charge on any atom is -0.385 e. The summed E-state index contributed by atoms with van der Waals surface area (Å²) >= 11 is 3.50. The number of hydrogen-bond donors (Lipinski definition) is 0. The third-order valence-corrected chi connectivity index (χ3v) is 2.85. The standard InChI is InChI=1S/C12H15BrO.C3H8O.CH2O/c1-2-14-10-6-5-8-11-7-3-4-9-12(11)13;1-3-4-2;1-2/h3-5,7-9H,2,6,10H2,1H3;3H2,1-2H3;1H2/b8-5+;;. The van der Waals surface area contributed by atoms with Crippen LogP contribution in [0.5, 0.6) is 0 Å². The minimum absolute atomic E-state index is 0.795. The van der Waals surface area contributed by atoms with Crippen LogP contribution in [0, 0.1) is 0 Å². The van der Waals surface area contributed by atoms with Crippen LogP contribution in [0.2, 0.25) is 0 Å². The van der Waals surface area contributed by atoms with Gasteiger partial charge in [0.25, 0.3) is 0 Å². The summed E-state index contributed by atoms with van der Waals surface area (Å²) < 4.78 is 10.9. The first-order chi connectivity index (χ1) is 9.76. The largest absolute Gasteiger partial charge is 0.385 e. The zero-order valence-electron chi connectivity index (χ0n) is 12.6. The van der Waals surface area contributed by atoms with Gasteiger partial charge in [0.15, 0.2) is 0 Å². The highest BCUT2D eigenvalue weighted by Crippen LogP contribution is 2.17. The van der Waals surface area contributed by atoms with Crippen molar-refractivity contribution in [3.63, 3.8) is 0 Å². The fourth-order valence-electron chi connectivity index (χ4n) is 1.12. The van der Waals surface area contributed by atoms with Gasteiger partial charge in [-0.15, -0.1) is 0 Å². The molecule has 20 heavy (non-hydrogen) atoms. The van der Waals surface area contributed by atoms with Crippen molar-refractivity contribution in [2.45, 2.75) is 20.3 Å². The molecule has 0 heterocycles. The zero-order valence-corrected chi connectivity index (χ0v) is 14.2. The minimum atomic E-state index is 0.795. The first kappa shape index (κ1) is 21.3. The molecule has 0 saturated carbocycles. The number of ether oxygens (including phenoxy) is 2. The Hall–Kier alpha value is -0.970. The number of hydrogen-bond acceptors (Lipinski definition) is 3. The highest BCUT2D eigenvalue weighted by Gasteiger charge is 1.91. The van der Waals surface area contributed by atoms with Crippen molar-refractivity contribution < 1.29 is 14.3 Å². The van der Waals surface area contributed by atoms with Crippen molar-refractivity contribution in [1.82, 2.24) is 0 Å². The summed E-state index contributed by atoms with van der Waals surface area (Å²) in [4.78, 5) is 8.00. The van der Waals surface area contributed by atoms with E-state index in [1.807, 2.05) is 38.8 Å². The molecule has 114 valence electrons. The van der Waals surface area contributed by atoms with Crippen LogP contribution in [0.25, 0.3) is 6.08 Å². The smallest absolute Gasteiger partial charge is 0.106 e. The summed E-state index contributed by atoms with van der Waals surface area (Å²) in [5.41, 5.74) is 1.21. The number of methoxy groups -OCH3 is 1. The van der Waals surface area contributed by atoms with Gasteiger partial charge in [-0.3, -0.25) is 0 Å². The molecule has 1 rings (SSSR count). The highest BCUT2D eigenvalue weighted by atomic mass is 79.9. The predicted molar refractivity (Wildman–Crippen MR) is 89.0 cm³/mol. The van der Waals surface area contributed by atoms with Crippen molar-refractivity contribution in [2.75, 3.05) is 26.9 Å². The summed E-state index contributed by atoms with van der Waals surface area (Å²) in [5, 5.41) is 0. The molecule has 1 aromatic rings. The summed E-state index contributed by atoms with van der Waals surface area (Å²) in [5.74, 6) is 0. The second-order valence-corrected chi connectivity index (χ2v) is 4.34. The SMILES string of the molecule is C=O.CCOC.CCOCC/C=C/c1ccccc1Br. The normalized spacial score (nSPS) is 9.40. The van der Waals surface area contributed by atoms with Gasteiger partial charge in [0.05, 0.1) is 0 Å². The third-order valence-electron chi connectivity index (χ3n) is 2.12. The first-order valence-electron chi connectivity index (χ1n) is 6.52. The number of benzene rings is 1. The maximum Gasteiger partial charge on any atom is 0.106 e. The van der Waals surface area contributed by atoms with E-state index in [0.717, 1.165) is 30.7 Å². The topological polar surface area (TPSA) is 35.5 Å². The number of halogens is 1. The Labute approximate surface area is 131 Å². The molecular weight excluding hydrogens is 320 g/mol. The quantitative estimate of drug-likeness (QED) is 0.719. The second-order valence-electron chi connectivity index (χ2n) is 3.49. The van der Waals surface area contributed by atoms with E-state index in [-0.39, 0.29) is 0 Å². The molecule has 0 bridgehead atoms. The van der Waals surface area contributed by atoms with Gasteiger partial charge >= 0.3 is 0 Å². The number of carbonyl (C=O) groups excluding carboxylic acids is 1. The van der Waals surface area contributed by atoms with Crippen LogP contribution in [0.15, 0.2) is 34.8 Å². The molecule has 0 atom stereocenters. The maximum atomic E-state index is 8.00. The molecule has 0 spiro atoms. The van der Waals surface area contributed by atoms with Crippen LogP contribution < -0.4 is 0 Å². The lowest BCUT2D eigenvalue weighted by molar-refractivity contribution is -0.0979. The van der Waals surface area contributed by atoms with Crippen molar-refractivity contribution in [3.8, 4) is 0 Å². The molecule has 0 saturated heterocycles. The average molecular weight is 345 g/mol. The highest BCUT2D eigenvalue weighted by molar-refractivity contribution is 9.10. The molecular formula is C16H25BrO3. The Kier molecular flexibility index (Phi) is 19.2. The molecule has 0 radical (unpaired) electrons. The van der Waals surface area contributed by atoms with Gasteiger partial charge in [-0.1, -0.05) is 46.3 Å². The molecule has 3 nitrogen and oxygen atoms in total. The van der Waals surface area contributed by atoms with Crippen LogP contribution in [0.4, 0.5) is 0 Å². The van der Waals surface area contributed by atoms with Crippen molar-refractivity contribution in [3.05, 3.63) is 40.4 Å². The molecule has 0 fully saturated rings. The summed E-state index contributed by atoms with van der Waals surface area (Å²) in [7, 11) is 1.68. The molecule has 0 aliphatic heterocycles. The molecule has 0 N–H and O–H groups in total. The van der Waals surface area contributed by atoms with E-state index in [1.54, 1.807) is 7.11 Å². The Morgan fingerprint density at radius 1 is 1.20 bits per heavy atom.